The number of β-amino-alcohol motifs (C(OH)–C–C–N with tert-alkyl or cyclic N) is 1. The number of benzene rings is 3. The highest BCUT2D eigenvalue weighted by atomic mass is 32.2. The summed E-state index contributed by atoms with van der Waals surface area (Å²) in [7, 11) is -1.91. The van der Waals surface area contributed by atoms with Gasteiger partial charge < -0.3 is 60.0 Å². The van der Waals surface area contributed by atoms with Gasteiger partial charge in [-0.3, -0.25) is 19.3 Å². The Morgan fingerprint density at radius 1 is 0.821 bits per heavy atom. The second kappa shape index (κ2) is 30.1. The molecule has 84 heavy (non-hydrogen) atoms. The predicted octanol–water partition coefficient (Wildman–Crippen LogP) is 6.21. The smallest absolute Gasteiger partial charge is 0.246 e. The summed E-state index contributed by atoms with van der Waals surface area (Å²) in [5, 5.41) is 22.1. The number of rotatable bonds is 28. The third-order valence-electron chi connectivity index (χ3n) is 15.5. The van der Waals surface area contributed by atoms with Crippen molar-refractivity contribution >= 4 is 67.9 Å². The topological polar surface area (TPSA) is 255 Å². The number of sulfone groups is 1. The molecule has 3 amide bonds. The van der Waals surface area contributed by atoms with Gasteiger partial charge >= 0.3 is 0 Å². The molecule has 0 unspecified atom stereocenters. The first-order valence-corrected chi connectivity index (χ1v) is 31.5. The number of aryl methyl sites for hydroxylation is 1. The van der Waals surface area contributed by atoms with Gasteiger partial charge in [-0.05, 0) is 80.8 Å². The monoisotopic (exact) mass is 1200 g/mol. The van der Waals surface area contributed by atoms with Crippen LogP contribution in [-0.4, -0.2) is 194 Å². The highest BCUT2D eigenvalue weighted by Crippen LogP contribution is 2.35. The minimum absolute atomic E-state index is 0.000602. The first-order valence-electron chi connectivity index (χ1n) is 29.1. The fraction of sp³-hybridized carbons (Fsp3) is 0.550. The third-order valence-corrected chi connectivity index (χ3v) is 18.7. The standard InChI is InChI=1S/C60H84N12O10S2/c1-41(2)84(77,78)52-12-9-8-11-49(52)66-59-63-39-62-58(68-59)65-48-18-17-46(35-51(48)79-7)70-23-19-45(20-24-70)71-27-25-69(26-28-71)22-10-29-80-31-33-82-34-32-81-30-21-53(74)67-55(60(4,5)6)57(76)72-38-47(73)36-50(72)56(75)61-37-43-13-15-44(16-14-43)54-42(3)64-40-83-54/h8-9,11-18,35,39-41,45,47,50,55,73H,10,19-34,36-38H2,1-7H3,(H,61,75)(H,67,74)(H2,62,63,65,66,68)/t47-,50+,55-/m1/s1. The van der Waals surface area contributed by atoms with E-state index in [1.165, 1.54) is 11.2 Å². The molecule has 456 valence electrons. The SMILES string of the molecule is COc1cc(N2CCC(N3CCN(CCCOCCOCCOCCC(=O)N[C@H](C(=O)N4C[C@H](O)C[C@H]4C(=O)NCc4ccc(-c5scnc5C)cc4)C(C)(C)C)CC3)CC2)ccc1Nc1ncnc(Nc2ccccc2S(=O)(=O)C(C)C)n1. The number of methoxy groups -OCH3 is 1. The number of hydrogen-bond donors (Lipinski definition) is 5. The van der Waals surface area contributed by atoms with Crippen LogP contribution < -0.4 is 30.9 Å². The molecule has 0 bridgehead atoms. The highest BCUT2D eigenvalue weighted by Gasteiger charge is 2.44. The van der Waals surface area contributed by atoms with Crippen LogP contribution in [0.25, 0.3) is 10.4 Å². The molecule has 5 heterocycles. The normalized spacial score (nSPS) is 17.8. The van der Waals surface area contributed by atoms with Gasteiger partial charge in [0.15, 0.2) is 9.84 Å². The Morgan fingerprint density at radius 3 is 2.14 bits per heavy atom. The fourth-order valence-corrected chi connectivity index (χ4v) is 12.7. The minimum atomic E-state index is -3.54. The highest BCUT2D eigenvalue weighted by molar-refractivity contribution is 7.92. The van der Waals surface area contributed by atoms with Crippen LogP contribution in [0.15, 0.2) is 83.5 Å². The zero-order chi connectivity index (χ0) is 59.8. The summed E-state index contributed by atoms with van der Waals surface area (Å²) >= 11 is 1.58. The van der Waals surface area contributed by atoms with Gasteiger partial charge in [0.25, 0.3) is 0 Å². The number of thiazole rings is 1. The average Bonchev–Trinajstić information content (AvgIpc) is 3.17. The van der Waals surface area contributed by atoms with E-state index >= 15 is 0 Å². The first-order chi connectivity index (χ1) is 40.4. The number of likely N-dealkylation sites (tertiary alicyclic amines) is 1. The summed E-state index contributed by atoms with van der Waals surface area (Å²) < 4.78 is 49.0. The van der Waals surface area contributed by atoms with Crippen molar-refractivity contribution in [3.05, 3.63) is 89.8 Å². The number of piperidine rings is 1. The molecular weight excluding hydrogens is 1110 g/mol. The molecule has 3 fully saturated rings. The van der Waals surface area contributed by atoms with Crippen LogP contribution in [0, 0.1) is 12.3 Å². The van der Waals surface area contributed by atoms with Crippen LogP contribution in [0.3, 0.4) is 0 Å². The molecule has 0 spiro atoms. The Morgan fingerprint density at radius 2 is 1.49 bits per heavy atom. The van der Waals surface area contributed by atoms with Crippen LogP contribution in [-0.2, 0) is 45.0 Å². The average molecular weight is 1200 g/mol. The zero-order valence-corrected chi connectivity index (χ0v) is 51.2. The van der Waals surface area contributed by atoms with Gasteiger partial charge in [0.1, 0.15) is 24.2 Å². The molecule has 22 nitrogen and oxygen atoms in total. The van der Waals surface area contributed by atoms with Crippen molar-refractivity contribution < 1.29 is 46.9 Å². The predicted molar refractivity (Wildman–Crippen MR) is 325 cm³/mol. The number of carbonyl (C=O) groups excluding carboxylic acids is 3. The molecule has 0 aliphatic carbocycles. The van der Waals surface area contributed by atoms with Gasteiger partial charge in [-0.15, -0.1) is 11.3 Å². The van der Waals surface area contributed by atoms with Crippen molar-refractivity contribution in [2.24, 2.45) is 5.41 Å². The molecule has 24 heteroatoms. The van der Waals surface area contributed by atoms with E-state index in [4.69, 9.17) is 18.9 Å². The number of para-hydroxylation sites is 1. The van der Waals surface area contributed by atoms with E-state index in [1.807, 2.05) is 69.6 Å². The number of nitrogens with zero attached hydrogens (tertiary/aromatic N) is 8. The summed E-state index contributed by atoms with van der Waals surface area (Å²) in [6, 6.07) is 19.4. The number of aromatic nitrogens is 4. The molecule has 0 saturated carbocycles. The van der Waals surface area contributed by atoms with Crippen molar-refractivity contribution in [3.63, 3.8) is 0 Å². The third kappa shape index (κ3) is 17.4. The number of carbonyl (C=O) groups is 3. The number of piperazine rings is 1. The number of amides is 3. The van der Waals surface area contributed by atoms with E-state index in [0.717, 1.165) is 92.5 Å². The summed E-state index contributed by atoms with van der Waals surface area (Å²) in [5.74, 6) is 0.0130. The Bertz CT molecular complexity index is 3060. The van der Waals surface area contributed by atoms with Crippen molar-refractivity contribution in [1.82, 2.24) is 45.3 Å². The minimum Gasteiger partial charge on any atom is -0.494 e. The molecule has 3 saturated heterocycles. The molecule has 3 aromatic carbocycles. The van der Waals surface area contributed by atoms with Crippen molar-refractivity contribution in [2.75, 3.05) is 115 Å². The maximum Gasteiger partial charge on any atom is 0.246 e. The van der Waals surface area contributed by atoms with Gasteiger partial charge in [0.2, 0.25) is 29.6 Å². The summed E-state index contributed by atoms with van der Waals surface area (Å²) in [4.78, 5) is 68.2. The molecule has 3 aliphatic rings. The second-order valence-electron chi connectivity index (χ2n) is 22.8. The lowest BCUT2D eigenvalue weighted by atomic mass is 9.85. The number of aliphatic hydroxyl groups excluding tert-OH is 1. The van der Waals surface area contributed by atoms with E-state index in [0.29, 0.717) is 56.2 Å². The van der Waals surface area contributed by atoms with Crippen LogP contribution in [0.5, 0.6) is 5.75 Å². The van der Waals surface area contributed by atoms with E-state index in [1.54, 1.807) is 56.6 Å². The zero-order valence-electron chi connectivity index (χ0n) is 49.6. The van der Waals surface area contributed by atoms with E-state index in [-0.39, 0.29) is 61.1 Å². The summed E-state index contributed by atoms with van der Waals surface area (Å²) in [6.07, 6.45) is 3.76. The molecule has 8 rings (SSSR count). The van der Waals surface area contributed by atoms with Crippen LogP contribution in [0.4, 0.5) is 29.0 Å². The quantitative estimate of drug-likeness (QED) is 0.0349. The van der Waals surface area contributed by atoms with Crippen molar-refractivity contribution in [3.8, 4) is 16.2 Å². The lowest BCUT2D eigenvalue weighted by molar-refractivity contribution is -0.144. The Balaban J connectivity index is 0.651. The van der Waals surface area contributed by atoms with E-state index < -0.39 is 44.6 Å². The molecular formula is C60H84N12O10S2. The molecule has 3 atom stereocenters. The van der Waals surface area contributed by atoms with Gasteiger partial charge in [-0.1, -0.05) is 57.2 Å². The van der Waals surface area contributed by atoms with Crippen molar-refractivity contribution in [2.45, 2.75) is 115 Å². The summed E-state index contributed by atoms with van der Waals surface area (Å²) in [6.45, 7) is 20.5. The Hall–Kier alpha value is -6.38. The van der Waals surface area contributed by atoms with Gasteiger partial charge in [-0.2, -0.15) is 4.98 Å². The molecule has 0 radical (unpaired) electrons. The number of hydrogen-bond acceptors (Lipinski definition) is 20. The van der Waals surface area contributed by atoms with E-state index in [9.17, 15) is 27.9 Å². The molecule has 5 aromatic rings. The first kappa shape index (κ1) is 63.6. The molecule has 3 aliphatic heterocycles. The number of aliphatic hydroxyl groups is 1. The van der Waals surface area contributed by atoms with Gasteiger partial charge in [-0.25, -0.2) is 23.4 Å². The summed E-state index contributed by atoms with van der Waals surface area (Å²) in [5.41, 5.74) is 6.23. The lowest BCUT2D eigenvalue weighted by Gasteiger charge is -2.43. The van der Waals surface area contributed by atoms with Crippen molar-refractivity contribution in [1.29, 1.82) is 0 Å². The van der Waals surface area contributed by atoms with Crippen LogP contribution in [0.2, 0.25) is 0 Å². The largest absolute Gasteiger partial charge is 0.494 e. The molecule has 5 N–H and O–H groups in total. The Labute approximate surface area is 498 Å². The van der Waals surface area contributed by atoms with Gasteiger partial charge in [0.05, 0.1) is 83.8 Å². The fourth-order valence-electron chi connectivity index (χ4n) is 10.7. The van der Waals surface area contributed by atoms with Gasteiger partial charge in [0, 0.05) is 96.1 Å². The molecule has 2 aromatic heterocycles. The lowest BCUT2D eigenvalue weighted by Crippen LogP contribution is -2.57. The Kier molecular flexibility index (Phi) is 22.8. The number of ether oxygens (including phenoxy) is 4. The maximum absolute atomic E-state index is 14.0. The number of nitrogens with one attached hydrogen (secondary N) is 4. The second-order valence-corrected chi connectivity index (χ2v) is 26.2. The van der Waals surface area contributed by atoms with E-state index in [2.05, 4.69) is 62.0 Å². The van der Waals surface area contributed by atoms with Crippen LogP contribution in [0.1, 0.15) is 78.0 Å². The maximum atomic E-state index is 14.0. The van der Waals surface area contributed by atoms with Crippen LogP contribution >= 0.6 is 11.3 Å². The number of anilines is 5.